The van der Waals surface area contributed by atoms with Gasteiger partial charge in [-0.15, -0.1) is 10.2 Å². The van der Waals surface area contributed by atoms with Crippen molar-refractivity contribution in [3.05, 3.63) is 76.7 Å². The van der Waals surface area contributed by atoms with Crippen molar-refractivity contribution in [3.63, 3.8) is 0 Å². The summed E-state index contributed by atoms with van der Waals surface area (Å²) in [5.74, 6) is -0.549. The number of carbonyl (C=O) groups excluding carboxylic acids is 6. The van der Waals surface area contributed by atoms with E-state index in [1.807, 2.05) is 47.7 Å². The molecule has 1 unspecified atom stereocenters. The number of rotatable bonds is 20. The second-order valence-corrected chi connectivity index (χ2v) is 16.0. The highest BCUT2D eigenvalue weighted by atomic mass is 16.2. The lowest BCUT2D eigenvalue weighted by Crippen LogP contribution is -2.54. The first-order chi connectivity index (χ1) is 30.0. The maximum absolute atomic E-state index is 13.9. The number of hydrogen-bond acceptors (Lipinski definition) is 13. The van der Waals surface area contributed by atoms with Crippen LogP contribution in [0.15, 0.2) is 48.8 Å². The lowest BCUT2D eigenvalue weighted by molar-refractivity contribution is -0.136. The van der Waals surface area contributed by atoms with E-state index in [1.165, 1.54) is 0 Å². The summed E-state index contributed by atoms with van der Waals surface area (Å²) in [5, 5.41) is 20.0. The minimum Gasteiger partial charge on any atom is -0.384 e. The van der Waals surface area contributed by atoms with Crippen LogP contribution < -0.4 is 31.1 Å². The molecule has 1 atom stereocenters. The fraction of sp³-hybridized carbons (Fsp3) is 0.455. The van der Waals surface area contributed by atoms with Crippen molar-refractivity contribution < 1.29 is 28.8 Å². The summed E-state index contributed by atoms with van der Waals surface area (Å²) in [6.45, 7) is 8.69. The van der Waals surface area contributed by atoms with Gasteiger partial charge in [-0.3, -0.25) is 43.9 Å². The number of carbonyl (C=O) groups is 6. The van der Waals surface area contributed by atoms with Gasteiger partial charge in [0.05, 0.1) is 35.5 Å². The Morgan fingerprint density at radius 2 is 1.68 bits per heavy atom. The Labute approximate surface area is 360 Å². The highest BCUT2D eigenvalue weighted by Gasteiger charge is 2.45. The van der Waals surface area contributed by atoms with Crippen LogP contribution in [0.1, 0.15) is 114 Å². The van der Waals surface area contributed by atoms with E-state index in [0.717, 1.165) is 49.0 Å². The summed E-state index contributed by atoms with van der Waals surface area (Å²) in [7, 11) is 1.95. The lowest BCUT2D eigenvalue weighted by Gasteiger charge is -2.27. The summed E-state index contributed by atoms with van der Waals surface area (Å²) >= 11 is 0. The van der Waals surface area contributed by atoms with Gasteiger partial charge in [0.1, 0.15) is 29.7 Å². The van der Waals surface area contributed by atoms with Crippen LogP contribution in [0.2, 0.25) is 0 Å². The fourth-order valence-electron chi connectivity index (χ4n) is 7.94. The Kier molecular flexibility index (Phi) is 13.6. The molecular weight excluding hydrogens is 793 g/mol. The van der Waals surface area contributed by atoms with Gasteiger partial charge in [0, 0.05) is 56.9 Å². The third-order valence-electron chi connectivity index (χ3n) is 11.6. The quantitative estimate of drug-likeness (QED) is 0.0736. The Hall–Kier alpha value is -6.56. The number of nitrogens with one attached hydrogen (secondary N) is 4. The van der Waals surface area contributed by atoms with Gasteiger partial charge in [-0.2, -0.15) is 0 Å². The topological polar surface area (TPSA) is 217 Å². The molecule has 3 aromatic heterocycles. The van der Waals surface area contributed by atoms with Crippen LogP contribution in [-0.4, -0.2) is 104 Å². The highest BCUT2D eigenvalue weighted by molar-refractivity contribution is 6.25. The number of fused-ring (bicyclic) bond motifs is 2. The molecule has 3 aliphatic rings. The molecule has 0 saturated carbocycles. The van der Waals surface area contributed by atoms with Crippen molar-refractivity contribution in [3.8, 4) is 11.5 Å². The number of aromatic nitrogens is 5. The first-order valence-electron chi connectivity index (χ1n) is 21.4. The number of anilines is 3. The average Bonchev–Trinajstić information content (AvgIpc) is 3.95. The maximum atomic E-state index is 13.9. The third-order valence-corrected chi connectivity index (χ3v) is 11.6. The maximum Gasteiger partial charge on any atom is 0.264 e. The van der Waals surface area contributed by atoms with Crippen LogP contribution in [0.5, 0.6) is 0 Å². The number of nitrogens with zero attached hydrogens (tertiary/aromatic N) is 8. The van der Waals surface area contributed by atoms with Crippen LogP contribution in [0, 0.1) is 0 Å². The monoisotopic (exact) mass is 846 g/mol. The van der Waals surface area contributed by atoms with Crippen molar-refractivity contribution >= 4 is 52.8 Å². The molecule has 326 valence electrons. The van der Waals surface area contributed by atoms with Crippen molar-refractivity contribution in [2.75, 3.05) is 41.8 Å². The summed E-state index contributed by atoms with van der Waals surface area (Å²) in [6.07, 6.45) is 7.51. The van der Waals surface area contributed by atoms with Crippen molar-refractivity contribution in [2.45, 2.75) is 104 Å². The molecule has 7 rings (SSSR count). The van der Waals surface area contributed by atoms with E-state index in [9.17, 15) is 28.8 Å². The third kappa shape index (κ3) is 9.34. The normalized spacial score (nSPS) is 16.0. The Morgan fingerprint density at radius 3 is 2.44 bits per heavy atom. The van der Waals surface area contributed by atoms with Crippen LogP contribution in [0.3, 0.4) is 0 Å². The first kappa shape index (κ1) is 43.5. The molecule has 18 nitrogen and oxygen atoms in total. The summed E-state index contributed by atoms with van der Waals surface area (Å²) in [5.41, 5.74) is 3.77. The van der Waals surface area contributed by atoms with Crippen LogP contribution in [0.25, 0.3) is 11.5 Å². The Morgan fingerprint density at radius 1 is 0.919 bits per heavy atom. The lowest BCUT2D eigenvalue weighted by atomic mass is 10.0. The molecule has 18 heteroatoms. The number of pyridine rings is 2. The van der Waals surface area contributed by atoms with E-state index in [0.29, 0.717) is 72.8 Å². The minimum absolute atomic E-state index is 0.0721. The molecule has 0 bridgehead atoms. The van der Waals surface area contributed by atoms with Crippen LogP contribution >= 0.6 is 0 Å². The Bertz CT molecular complexity index is 2360. The number of aryl methyl sites for hydroxylation is 1. The number of amides is 6. The second kappa shape index (κ2) is 19.4. The summed E-state index contributed by atoms with van der Waals surface area (Å²) in [6, 6.07) is 11.6. The Balaban J connectivity index is 0.825. The minimum atomic E-state index is -1.00. The zero-order valence-electron chi connectivity index (χ0n) is 35.7. The number of imide groups is 2. The average molecular weight is 847 g/mol. The van der Waals surface area contributed by atoms with Gasteiger partial charge in [-0.25, -0.2) is 9.97 Å². The molecule has 1 fully saturated rings. The molecule has 4 N–H and O–H groups in total. The second-order valence-electron chi connectivity index (χ2n) is 16.0. The van der Waals surface area contributed by atoms with Gasteiger partial charge in [-0.05, 0) is 70.4 Å². The van der Waals surface area contributed by atoms with Gasteiger partial charge in [0.2, 0.25) is 17.7 Å². The van der Waals surface area contributed by atoms with Crippen LogP contribution in [0.4, 0.5) is 17.3 Å². The van der Waals surface area contributed by atoms with Gasteiger partial charge in [0.25, 0.3) is 17.7 Å². The zero-order chi connectivity index (χ0) is 43.9. The van der Waals surface area contributed by atoms with E-state index < -0.39 is 29.7 Å². The standard InChI is InChI=1S/C44H54N12O6/c1-5-54-26-48-52-40(54)32-16-13-17-35(49-32)55-25-30-29(42(55)60)22-36(53(4)27(2)3)50-33(30)23-45-24-38(58)47-21-11-9-7-6-8-10-20-46-31-15-12-14-28-39(31)44(62)56(43(28)61)34-18-19-37(57)51-41(34)59/h12-17,22,26-27,34,45-46H,5-11,18-21,23-25H2,1-4H3,(H,47,58)(H,51,57,59). The van der Waals surface area contributed by atoms with Crippen molar-refractivity contribution in [1.82, 2.24) is 45.6 Å². The number of benzene rings is 1. The van der Waals surface area contributed by atoms with E-state index in [-0.39, 0.29) is 48.4 Å². The van der Waals surface area contributed by atoms with E-state index in [4.69, 9.17) is 9.97 Å². The van der Waals surface area contributed by atoms with E-state index in [2.05, 4.69) is 45.3 Å². The number of unbranched alkanes of at least 4 members (excludes halogenated alkanes) is 5. The SMILES string of the molecule is CCn1cnnc1-c1cccc(N2Cc3c(cc(N(C)C(C)C)nc3CNCC(=O)NCCCCCCCCNc3cccc4c3C(=O)N(C3CCC(=O)NC3=O)C4=O)C2=O)n1. The van der Waals surface area contributed by atoms with Crippen LogP contribution in [-0.2, 0) is 34.0 Å². The predicted molar refractivity (Wildman–Crippen MR) is 231 cm³/mol. The molecule has 6 amide bonds. The molecule has 0 radical (unpaired) electrons. The molecule has 62 heavy (non-hydrogen) atoms. The van der Waals surface area contributed by atoms with E-state index in [1.54, 1.807) is 29.4 Å². The van der Waals surface area contributed by atoms with Gasteiger partial charge < -0.3 is 25.4 Å². The fourth-order valence-corrected chi connectivity index (χ4v) is 7.94. The number of piperidine rings is 1. The largest absolute Gasteiger partial charge is 0.384 e. The van der Waals surface area contributed by atoms with Gasteiger partial charge >= 0.3 is 0 Å². The van der Waals surface area contributed by atoms with Crippen molar-refractivity contribution in [2.24, 2.45) is 0 Å². The molecule has 0 spiro atoms. The summed E-state index contributed by atoms with van der Waals surface area (Å²) in [4.78, 5) is 91.5. The molecule has 4 aromatic rings. The molecular formula is C44H54N12O6. The van der Waals surface area contributed by atoms with Gasteiger partial charge in [-0.1, -0.05) is 37.8 Å². The highest BCUT2D eigenvalue weighted by Crippen LogP contribution is 2.34. The first-order valence-corrected chi connectivity index (χ1v) is 21.4. The van der Waals surface area contributed by atoms with Crippen molar-refractivity contribution in [1.29, 1.82) is 0 Å². The summed E-state index contributed by atoms with van der Waals surface area (Å²) < 4.78 is 1.90. The molecule has 3 aliphatic heterocycles. The van der Waals surface area contributed by atoms with Gasteiger partial charge in [0.15, 0.2) is 5.82 Å². The zero-order valence-corrected chi connectivity index (χ0v) is 35.7. The predicted octanol–water partition coefficient (Wildman–Crippen LogP) is 3.82. The number of hydrogen-bond donors (Lipinski definition) is 4. The smallest absolute Gasteiger partial charge is 0.264 e. The van der Waals surface area contributed by atoms with E-state index >= 15 is 0 Å². The molecule has 6 heterocycles. The molecule has 1 saturated heterocycles. The molecule has 0 aliphatic carbocycles. The molecule has 1 aromatic carbocycles.